The van der Waals surface area contributed by atoms with Crippen molar-refractivity contribution in [1.29, 1.82) is 0 Å². The lowest BCUT2D eigenvalue weighted by atomic mass is 10.2. The van der Waals surface area contributed by atoms with E-state index in [0.717, 1.165) is 15.7 Å². The van der Waals surface area contributed by atoms with Gasteiger partial charge in [0.05, 0.1) is 5.69 Å². The van der Waals surface area contributed by atoms with E-state index in [-0.39, 0.29) is 11.8 Å². The van der Waals surface area contributed by atoms with Crippen LogP contribution in [0.2, 0.25) is 0 Å². The highest BCUT2D eigenvalue weighted by molar-refractivity contribution is 9.10. The van der Waals surface area contributed by atoms with Crippen LogP contribution in [0, 0.1) is 6.92 Å². The Morgan fingerprint density at radius 2 is 2.29 bits per heavy atom. The van der Waals surface area contributed by atoms with Crippen molar-refractivity contribution in [2.75, 3.05) is 5.32 Å². The highest BCUT2D eigenvalue weighted by atomic mass is 79.9. The molecule has 1 aliphatic heterocycles. The molecular formula is C12H13BrN2O2. The molecular weight excluding hydrogens is 284 g/mol. The van der Waals surface area contributed by atoms with Gasteiger partial charge in [0, 0.05) is 10.9 Å². The summed E-state index contributed by atoms with van der Waals surface area (Å²) in [7, 11) is 0. The smallest absolute Gasteiger partial charge is 0.246 e. The summed E-state index contributed by atoms with van der Waals surface area (Å²) in [6.07, 6.45) is 0.987. The number of carbonyl (C=O) groups is 2. The zero-order valence-corrected chi connectivity index (χ0v) is 11.0. The van der Waals surface area contributed by atoms with Crippen molar-refractivity contribution in [3.8, 4) is 0 Å². The lowest BCUT2D eigenvalue weighted by Crippen LogP contribution is -2.37. The predicted molar refractivity (Wildman–Crippen MR) is 68.7 cm³/mol. The van der Waals surface area contributed by atoms with Crippen molar-refractivity contribution in [3.63, 3.8) is 0 Å². The Balaban J connectivity index is 2.08. The van der Waals surface area contributed by atoms with Crippen LogP contribution in [0.4, 0.5) is 5.69 Å². The van der Waals surface area contributed by atoms with Crippen molar-refractivity contribution in [3.05, 3.63) is 28.2 Å². The molecule has 2 amide bonds. The fraction of sp³-hybridized carbons (Fsp3) is 0.333. The maximum Gasteiger partial charge on any atom is 0.246 e. The lowest BCUT2D eigenvalue weighted by Gasteiger charge is -2.13. The minimum Gasteiger partial charge on any atom is -0.344 e. The van der Waals surface area contributed by atoms with E-state index in [1.54, 1.807) is 0 Å². The average Bonchev–Trinajstić information content (AvgIpc) is 2.72. The third kappa shape index (κ3) is 2.66. The second-order valence-corrected chi connectivity index (χ2v) is 4.88. The Morgan fingerprint density at radius 1 is 1.53 bits per heavy atom. The first-order chi connectivity index (χ1) is 8.08. The molecule has 0 unspecified atom stereocenters. The largest absolute Gasteiger partial charge is 0.344 e. The van der Waals surface area contributed by atoms with E-state index < -0.39 is 6.04 Å². The van der Waals surface area contributed by atoms with Crippen LogP contribution in [0.25, 0.3) is 0 Å². The molecule has 1 aromatic rings. The Labute approximate surface area is 108 Å². The van der Waals surface area contributed by atoms with E-state index in [1.807, 2.05) is 25.1 Å². The molecule has 1 heterocycles. The zero-order valence-electron chi connectivity index (χ0n) is 9.42. The van der Waals surface area contributed by atoms with Crippen LogP contribution < -0.4 is 10.6 Å². The number of aryl methyl sites for hydroxylation is 1. The van der Waals surface area contributed by atoms with E-state index in [1.165, 1.54) is 0 Å². The van der Waals surface area contributed by atoms with E-state index in [4.69, 9.17) is 0 Å². The monoisotopic (exact) mass is 296 g/mol. The van der Waals surface area contributed by atoms with Crippen molar-refractivity contribution >= 4 is 33.4 Å². The fourth-order valence-corrected chi connectivity index (χ4v) is 2.14. The van der Waals surface area contributed by atoms with E-state index >= 15 is 0 Å². The maximum atomic E-state index is 11.9. The molecule has 0 bridgehead atoms. The van der Waals surface area contributed by atoms with Gasteiger partial charge in [-0.25, -0.2) is 0 Å². The van der Waals surface area contributed by atoms with Gasteiger partial charge in [-0.1, -0.05) is 12.1 Å². The molecule has 5 heteroatoms. The summed E-state index contributed by atoms with van der Waals surface area (Å²) < 4.78 is 0.873. The van der Waals surface area contributed by atoms with Crippen LogP contribution >= 0.6 is 15.9 Å². The number of amides is 2. The first-order valence-electron chi connectivity index (χ1n) is 5.43. The van der Waals surface area contributed by atoms with Crippen molar-refractivity contribution in [2.24, 2.45) is 0 Å². The van der Waals surface area contributed by atoms with Gasteiger partial charge in [0.25, 0.3) is 0 Å². The summed E-state index contributed by atoms with van der Waals surface area (Å²) in [5, 5.41) is 5.45. The van der Waals surface area contributed by atoms with Crippen LogP contribution in [0.1, 0.15) is 18.4 Å². The maximum absolute atomic E-state index is 11.9. The van der Waals surface area contributed by atoms with Crippen molar-refractivity contribution in [1.82, 2.24) is 5.32 Å². The quantitative estimate of drug-likeness (QED) is 0.877. The first kappa shape index (κ1) is 12.1. The number of hydrogen-bond donors (Lipinski definition) is 2. The SMILES string of the molecule is Cc1cccc(NC(=O)[C@H]2CCC(=O)N2)c1Br. The summed E-state index contributed by atoms with van der Waals surface area (Å²) in [6.45, 7) is 1.96. The highest BCUT2D eigenvalue weighted by Gasteiger charge is 2.27. The summed E-state index contributed by atoms with van der Waals surface area (Å²) in [6, 6.07) is 5.25. The third-order valence-corrected chi connectivity index (χ3v) is 3.81. The minimum atomic E-state index is -0.407. The summed E-state index contributed by atoms with van der Waals surface area (Å²) in [5.41, 5.74) is 1.79. The Bertz CT molecular complexity index is 474. The predicted octanol–water partition coefficient (Wildman–Crippen LogP) is 1.97. The van der Waals surface area contributed by atoms with Gasteiger partial charge in [-0.15, -0.1) is 0 Å². The second kappa shape index (κ2) is 4.87. The van der Waals surface area contributed by atoms with Crippen LogP contribution in [0.5, 0.6) is 0 Å². The topological polar surface area (TPSA) is 58.2 Å². The molecule has 0 spiro atoms. The number of rotatable bonds is 2. The molecule has 0 saturated carbocycles. The number of halogens is 1. The van der Waals surface area contributed by atoms with Crippen LogP contribution in [0.15, 0.2) is 22.7 Å². The molecule has 1 aromatic carbocycles. The van der Waals surface area contributed by atoms with E-state index in [0.29, 0.717) is 12.8 Å². The number of benzene rings is 1. The first-order valence-corrected chi connectivity index (χ1v) is 6.22. The van der Waals surface area contributed by atoms with Crippen LogP contribution in [-0.4, -0.2) is 17.9 Å². The van der Waals surface area contributed by atoms with Gasteiger partial charge in [-0.05, 0) is 40.9 Å². The molecule has 17 heavy (non-hydrogen) atoms. The van der Waals surface area contributed by atoms with Gasteiger partial charge in [0.2, 0.25) is 11.8 Å². The summed E-state index contributed by atoms with van der Waals surface area (Å²) in [4.78, 5) is 22.9. The Morgan fingerprint density at radius 3 is 2.94 bits per heavy atom. The molecule has 0 radical (unpaired) electrons. The van der Waals surface area contributed by atoms with Gasteiger partial charge in [0.15, 0.2) is 0 Å². The van der Waals surface area contributed by atoms with Gasteiger partial charge in [-0.3, -0.25) is 9.59 Å². The molecule has 1 fully saturated rings. The molecule has 1 saturated heterocycles. The molecule has 0 aliphatic carbocycles. The Hall–Kier alpha value is -1.36. The van der Waals surface area contributed by atoms with Crippen LogP contribution in [0.3, 0.4) is 0 Å². The normalized spacial score (nSPS) is 18.9. The molecule has 4 nitrogen and oxygen atoms in total. The molecule has 1 atom stereocenters. The van der Waals surface area contributed by atoms with Gasteiger partial charge >= 0.3 is 0 Å². The molecule has 2 N–H and O–H groups in total. The Kier molecular flexibility index (Phi) is 3.47. The van der Waals surface area contributed by atoms with Crippen molar-refractivity contribution < 1.29 is 9.59 Å². The number of carbonyl (C=O) groups excluding carboxylic acids is 2. The molecule has 1 aliphatic rings. The van der Waals surface area contributed by atoms with Gasteiger partial charge < -0.3 is 10.6 Å². The second-order valence-electron chi connectivity index (χ2n) is 4.08. The van der Waals surface area contributed by atoms with E-state index in [2.05, 4.69) is 26.6 Å². The average molecular weight is 297 g/mol. The lowest BCUT2D eigenvalue weighted by molar-refractivity contribution is -0.122. The van der Waals surface area contributed by atoms with Gasteiger partial charge in [0.1, 0.15) is 6.04 Å². The summed E-state index contributed by atoms with van der Waals surface area (Å²) in [5.74, 6) is -0.226. The molecule has 0 aromatic heterocycles. The summed E-state index contributed by atoms with van der Waals surface area (Å²) >= 11 is 3.43. The third-order valence-electron chi connectivity index (χ3n) is 2.76. The van der Waals surface area contributed by atoms with E-state index in [9.17, 15) is 9.59 Å². The fourth-order valence-electron chi connectivity index (χ4n) is 1.77. The number of nitrogens with one attached hydrogen (secondary N) is 2. The van der Waals surface area contributed by atoms with Gasteiger partial charge in [-0.2, -0.15) is 0 Å². The van der Waals surface area contributed by atoms with Crippen molar-refractivity contribution in [2.45, 2.75) is 25.8 Å². The number of hydrogen-bond acceptors (Lipinski definition) is 2. The van der Waals surface area contributed by atoms with Crippen LogP contribution in [-0.2, 0) is 9.59 Å². The number of anilines is 1. The molecule has 2 rings (SSSR count). The standard InChI is InChI=1S/C12H13BrN2O2/c1-7-3-2-4-8(11(7)13)15-12(17)9-5-6-10(16)14-9/h2-4,9H,5-6H2,1H3,(H,14,16)(H,15,17)/t9-/m1/s1. The molecule has 90 valence electrons. The zero-order chi connectivity index (χ0) is 12.4. The minimum absolute atomic E-state index is 0.0616. The highest BCUT2D eigenvalue weighted by Crippen LogP contribution is 2.26.